The maximum absolute atomic E-state index is 12.0. The summed E-state index contributed by atoms with van der Waals surface area (Å²) in [5, 5.41) is 3.03. The van der Waals surface area contributed by atoms with Crippen molar-refractivity contribution in [2.45, 2.75) is 53.9 Å². The molecule has 0 spiro atoms. The summed E-state index contributed by atoms with van der Waals surface area (Å²) in [6, 6.07) is 17.5. The lowest BCUT2D eigenvalue weighted by Crippen LogP contribution is -2.08. The topological polar surface area (TPSA) is 95.3 Å². The standard InChI is InChI=1S/C12H12N2O3S.C12H13NO2.C11H13N.CH4/c1-3-17-12(15)10-11(18-2)9(13-16)8-6-4-5-7-14(8)10;1-8-9(2)11(12(14)15-3)13-7-5-4-6-10(8)13;1-8-9(2)11-6-4-5-7-12(11)10(8)3;/h4-7H,3H2,1-2H3;4-7H,1-3H3;4-7H,1-3H3;1H4. The Hall–Kier alpha value is -4.83. The zero-order valence-electron chi connectivity index (χ0n) is 26.9. The smallest absolute Gasteiger partial charge is 0.356 e. The van der Waals surface area contributed by atoms with Crippen LogP contribution in [0.25, 0.3) is 16.6 Å². The fraction of sp³-hybridized carbons (Fsp3) is 0.278. The molecule has 0 atom stereocenters. The van der Waals surface area contributed by atoms with Crippen LogP contribution in [0.2, 0.25) is 0 Å². The molecule has 9 nitrogen and oxygen atoms in total. The van der Waals surface area contributed by atoms with E-state index in [4.69, 9.17) is 9.47 Å². The predicted octanol–water partition coefficient (Wildman–Crippen LogP) is 9.08. The first-order valence-electron chi connectivity index (χ1n) is 14.5. The number of fused-ring (bicyclic) bond motifs is 3. The van der Waals surface area contributed by atoms with E-state index in [0.29, 0.717) is 21.8 Å². The van der Waals surface area contributed by atoms with Gasteiger partial charge in [0.2, 0.25) is 0 Å². The molecule has 0 bridgehead atoms. The Morgan fingerprint density at radius 1 is 0.717 bits per heavy atom. The molecular formula is C36H42N4O5S. The summed E-state index contributed by atoms with van der Waals surface area (Å²) in [7, 11) is 1.40. The summed E-state index contributed by atoms with van der Waals surface area (Å²) in [5.41, 5.74) is 10.5. The first-order chi connectivity index (χ1) is 21.6. The zero-order valence-corrected chi connectivity index (χ0v) is 27.7. The highest BCUT2D eigenvalue weighted by Crippen LogP contribution is 2.38. The molecule has 6 aromatic rings. The minimum Gasteiger partial charge on any atom is -0.464 e. The highest BCUT2D eigenvalue weighted by Gasteiger charge is 2.24. The lowest BCUT2D eigenvalue weighted by Gasteiger charge is -2.03. The number of methoxy groups -OCH3 is 1. The summed E-state index contributed by atoms with van der Waals surface area (Å²) in [6.45, 7) is 12.5. The van der Waals surface area contributed by atoms with Crippen LogP contribution in [0, 0.1) is 39.5 Å². The third-order valence-corrected chi connectivity index (χ3v) is 8.82. The normalized spacial score (nSPS) is 10.4. The van der Waals surface area contributed by atoms with Crippen LogP contribution >= 0.6 is 11.8 Å². The number of carbonyl (C=O) groups is 2. The number of carbonyl (C=O) groups excluding carboxylic acids is 2. The lowest BCUT2D eigenvalue weighted by atomic mass is 10.1. The van der Waals surface area contributed by atoms with Crippen LogP contribution in [0.4, 0.5) is 5.69 Å². The van der Waals surface area contributed by atoms with Crippen molar-refractivity contribution < 1.29 is 19.1 Å². The fourth-order valence-electron chi connectivity index (χ4n) is 5.37. The summed E-state index contributed by atoms with van der Waals surface area (Å²) in [4.78, 5) is 35.1. The van der Waals surface area contributed by atoms with Crippen molar-refractivity contribution in [3.63, 3.8) is 0 Å². The van der Waals surface area contributed by atoms with Gasteiger partial charge in [-0.3, -0.25) is 0 Å². The van der Waals surface area contributed by atoms with Crippen molar-refractivity contribution in [1.29, 1.82) is 0 Å². The number of esters is 2. The van der Waals surface area contributed by atoms with Gasteiger partial charge in [-0.1, -0.05) is 25.6 Å². The van der Waals surface area contributed by atoms with Crippen molar-refractivity contribution in [1.82, 2.24) is 13.2 Å². The molecule has 242 valence electrons. The van der Waals surface area contributed by atoms with Crippen LogP contribution in [0.3, 0.4) is 0 Å². The van der Waals surface area contributed by atoms with Crippen molar-refractivity contribution >= 4 is 45.9 Å². The molecule has 6 rings (SSSR count). The van der Waals surface area contributed by atoms with Gasteiger partial charge in [-0.15, -0.1) is 16.7 Å². The molecule has 0 aliphatic carbocycles. The molecule has 6 aromatic heterocycles. The van der Waals surface area contributed by atoms with Gasteiger partial charge in [0, 0.05) is 35.3 Å². The van der Waals surface area contributed by atoms with Crippen LogP contribution in [0.15, 0.2) is 83.3 Å². The van der Waals surface area contributed by atoms with Gasteiger partial charge < -0.3 is 22.7 Å². The highest BCUT2D eigenvalue weighted by atomic mass is 32.2. The van der Waals surface area contributed by atoms with Crippen LogP contribution in [-0.2, 0) is 9.47 Å². The molecular weight excluding hydrogens is 600 g/mol. The number of rotatable bonds is 5. The minimum absolute atomic E-state index is 0. The Morgan fingerprint density at radius 2 is 1.22 bits per heavy atom. The summed E-state index contributed by atoms with van der Waals surface area (Å²) >= 11 is 1.31. The average molecular weight is 643 g/mol. The van der Waals surface area contributed by atoms with E-state index in [1.165, 1.54) is 41.2 Å². The summed E-state index contributed by atoms with van der Waals surface area (Å²) in [5.74, 6) is -0.736. The van der Waals surface area contributed by atoms with Gasteiger partial charge in [-0.2, -0.15) is 0 Å². The molecule has 0 aromatic carbocycles. The van der Waals surface area contributed by atoms with Crippen LogP contribution in [-0.4, -0.2) is 45.1 Å². The van der Waals surface area contributed by atoms with Crippen molar-refractivity contribution in [2.75, 3.05) is 20.0 Å². The lowest BCUT2D eigenvalue weighted by molar-refractivity contribution is 0.0513. The van der Waals surface area contributed by atoms with E-state index in [9.17, 15) is 14.5 Å². The molecule has 0 amide bonds. The van der Waals surface area contributed by atoms with Crippen LogP contribution < -0.4 is 0 Å². The van der Waals surface area contributed by atoms with Gasteiger partial charge in [0.05, 0.1) is 24.1 Å². The molecule has 0 fully saturated rings. The number of pyridine rings is 3. The first-order valence-corrected chi connectivity index (χ1v) is 15.7. The number of hydrogen-bond donors (Lipinski definition) is 0. The number of ether oxygens (including phenoxy) is 2. The van der Waals surface area contributed by atoms with Gasteiger partial charge >= 0.3 is 11.9 Å². The molecule has 0 radical (unpaired) electrons. The van der Waals surface area contributed by atoms with Gasteiger partial charge in [0.1, 0.15) is 17.1 Å². The zero-order chi connectivity index (χ0) is 32.8. The van der Waals surface area contributed by atoms with E-state index in [-0.39, 0.29) is 25.7 Å². The number of aryl methyl sites for hydroxylation is 3. The Labute approximate surface area is 274 Å². The molecule has 0 aliphatic rings. The SMILES string of the molecule is C.CCOC(=O)c1c(SC)c(N=O)c2ccccn12.COC(=O)c1c(C)c(C)c2ccccn12.Cc1c(C)c2ccccn2c1C. The monoisotopic (exact) mass is 642 g/mol. The predicted molar refractivity (Wildman–Crippen MR) is 187 cm³/mol. The number of thioether (sulfide) groups is 1. The Bertz CT molecular complexity index is 1980. The first kappa shape index (κ1) is 35.6. The van der Waals surface area contributed by atoms with Crippen LogP contribution in [0.5, 0.6) is 0 Å². The number of hydrogen-bond acceptors (Lipinski definition) is 7. The molecule has 46 heavy (non-hydrogen) atoms. The van der Waals surface area contributed by atoms with Crippen molar-refractivity contribution in [2.24, 2.45) is 5.18 Å². The average Bonchev–Trinajstić information content (AvgIpc) is 3.62. The van der Waals surface area contributed by atoms with Crippen LogP contribution in [0.1, 0.15) is 63.3 Å². The largest absolute Gasteiger partial charge is 0.464 e. The molecule has 0 saturated carbocycles. The van der Waals surface area contributed by atoms with Gasteiger partial charge in [-0.25, -0.2) is 9.59 Å². The van der Waals surface area contributed by atoms with Gasteiger partial charge in [0.25, 0.3) is 0 Å². The minimum atomic E-state index is -0.446. The fourth-order valence-corrected chi connectivity index (χ4v) is 6.08. The quantitative estimate of drug-likeness (QED) is 0.106. The highest BCUT2D eigenvalue weighted by molar-refractivity contribution is 7.98. The summed E-state index contributed by atoms with van der Waals surface area (Å²) < 4.78 is 15.6. The van der Waals surface area contributed by atoms with E-state index < -0.39 is 5.97 Å². The van der Waals surface area contributed by atoms with Crippen molar-refractivity contribution in [3.8, 4) is 0 Å². The Morgan fingerprint density at radius 3 is 1.72 bits per heavy atom. The second-order valence-electron chi connectivity index (χ2n) is 10.3. The number of aromatic nitrogens is 3. The molecule has 0 aliphatic heterocycles. The third kappa shape index (κ3) is 6.57. The van der Waals surface area contributed by atoms with E-state index >= 15 is 0 Å². The number of nitroso groups, excluding NO2 is 1. The summed E-state index contributed by atoms with van der Waals surface area (Å²) in [6.07, 6.45) is 7.51. The molecule has 0 saturated heterocycles. The molecule has 6 heterocycles. The number of nitrogens with zero attached hydrogens (tertiary/aromatic N) is 4. The molecule has 10 heteroatoms. The van der Waals surface area contributed by atoms with E-state index in [0.717, 1.165) is 16.6 Å². The molecule has 0 N–H and O–H groups in total. The maximum Gasteiger partial charge on any atom is 0.356 e. The third-order valence-electron chi connectivity index (χ3n) is 8.03. The van der Waals surface area contributed by atoms with E-state index in [2.05, 4.69) is 54.7 Å². The maximum atomic E-state index is 12.0. The van der Waals surface area contributed by atoms with E-state index in [1.54, 1.807) is 42.0 Å². The van der Waals surface area contributed by atoms with Crippen molar-refractivity contribution in [3.05, 3.63) is 117 Å². The Balaban J connectivity index is 0.000000189. The van der Waals surface area contributed by atoms with Gasteiger partial charge in [0.15, 0.2) is 0 Å². The second-order valence-corrected chi connectivity index (χ2v) is 11.2. The second kappa shape index (κ2) is 15.4. The van der Waals surface area contributed by atoms with E-state index in [1.807, 2.05) is 42.6 Å². The molecule has 0 unspecified atom stereocenters. The van der Waals surface area contributed by atoms with Gasteiger partial charge in [-0.05, 0) is 112 Å². The Kier molecular flexibility index (Phi) is 12.0.